The first-order chi connectivity index (χ1) is 8.09. The van der Waals surface area contributed by atoms with Crippen LogP contribution >= 0.6 is 11.6 Å². The highest BCUT2D eigenvalue weighted by molar-refractivity contribution is 6.32. The van der Waals surface area contributed by atoms with E-state index in [1.54, 1.807) is 0 Å². The van der Waals surface area contributed by atoms with E-state index in [1.807, 2.05) is 25.3 Å². The van der Waals surface area contributed by atoms with E-state index in [4.69, 9.17) is 11.6 Å². The maximum absolute atomic E-state index is 6.15. The van der Waals surface area contributed by atoms with Crippen LogP contribution in [0.15, 0.2) is 24.4 Å². The lowest BCUT2D eigenvalue weighted by Gasteiger charge is -2.03. The Morgan fingerprint density at radius 3 is 2.65 bits per heavy atom. The Bertz CT molecular complexity index is 741. The Morgan fingerprint density at radius 1 is 1.12 bits per heavy atom. The normalized spacial score (nSPS) is 11.5. The average Bonchev–Trinajstić information content (AvgIpc) is 2.54. The van der Waals surface area contributed by atoms with Gasteiger partial charge in [0.1, 0.15) is 0 Å². The Kier molecular flexibility index (Phi) is 2.17. The second-order valence-corrected chi connectivity index (χ2v) is 4.91. The zero-order chi connectivity index (χ0) is 12.2. The summed E-state index contributed by atoms with van der Waals surface area (Å²) in [5.41, 5.74) is 4.68. The van der Waals surface area contributed by atoms with Crippen LogP contribution in [-0.4, -0.2) is 9.55 Å². The Labute approximate surface area is 105 Å². The van der Waals surface area contributed by atoms with Crippen molar-refractivity contribution in [1.82, 2.24) is 9.55 Å². The third-order valence-corrected chi connectivity index (χ3v) is 3.55. The highest BCUT2D eigenvalue weighted by Crippen LogP contribution is 2.33. The van der Waals surface area contributed by atoms with Gasteiger partial charge in [-0.15, -0.1) is 0 Å². The second kappa shape index (κ2) is 3.47. The topological polar surface area (TPSA) is 17.8 Å². The minimum absolute atomic E-state index is 0.789. The molecule has 1 aromatic carbocycles. The summed E-state index contributed by atoms with van der Waals surface area (Å²) >= 11 is 6.15. The smallest absolute Gasteiger partial charge is 0.0705 e. The molecule has 3 aromatic rings. The number of rotatable bonds is 0. The molecule has 2 heterocycles. The zero-order valence-electron chi connectivity index (χ0n) is 10.1. The summed E-state index contributed by atoms with van der Waals surface area (Å²) in [5, 5.41) is 3.22. The van der Waals surface area contributed by atoms with Gasteiger partial charge in [-0.3, -0.25) is 4.98 Å². The minimum atomic E-state index is 0.789. The van der Waals surface area contributed by atoms with E-state index in [9.17, 15) is 0 Å². The molecule has 86 valence electrons. The van der Waals surface area contributed by atoms with E-state index in [0.29, 0.717) is 0 Å². The average molecular weight is 245 g/mol. The second-order valence-electron chi connectivity index (χ2n) is 4.47. The quantitative estimate of drug-likeness (QED) is 0.585. The van der Waals surface area contributed by atoms with Gasteiger partial charge in [-0.05, 0) is 37.6 Å². The van der Waals surface area contributed by atoms with Crippen LogP contribution in [0.5, 0.6) is 0 Å². The molecule has 0 amide bonds. The summed E-state index contributed by atoms with van der Waals surface area (Å²) in [5.74, 6) is 0. The van der Waals surface area contributed by atoms with Gasteiger partial charge in [-0.1, -0.05) is 11.6 Å². The van der Waals surface area contributed by atoms with E-state index in [0.717, 1.165) is 10.7 Å². The Morgan fingerprint density at radius 2 is 1.88 bits per heavy atom. The standard InChI is InChI=1S/C14H13ClN2/c1-8-6-10(15)7-12-11-4-5-16-9(2)14(11)17(3)13(8)12/h4-7H,1-3H3. The molecule has 2 nitrogen and oxygen atoms in total. The van der Waals surface area contributed by atoms with Crippen molar-refractivity contribution in [2.24, 2.45) is 7.05 Å². The number of fused-ring (bicyclic) bond motifs is 3. The van der Waals surface area contributed by atoms with Gasteiger partial charge in [0.15, 0.2) is 0 Å². The fourth-order valence-electron chi connectivity index (χ4n) is 2.70. The first-order valence-electron chi connectivity index (χ1n) is 5.59. The van der Waals surface area contributed by atoms with Crippen LogP contribution in [0.2, 0.25) is 5.02 Å². The summed E-state index contributed by atoms with van der Waals surface area (Å²) in [4.78, 5) is 4.36. The van der Waals surface area contributed by atoms with Crippen LogP contribution in [0.4, 0.5) is 0 Å². The van der Waals surface area contributed by atoms with Crippen molar-refractivity contribution in [3.8, 4) is 0 Å². The van der Waals surface area contributed by atoms with E-state index in [2.05, 4.69) is 29.6 Å². The van der Waals surface area contributed by atoms with E-state index in [-0.39, 0.29) is 0 Å². The molecule has 0 aliphatic heterocycles. The Hall–Kier alpha value is -1.54. The number of hydrogen-bond donors (Lipinski definition) is 0. The molecule has 0 radical (unpaired) electrons. The SMILES string of the molecule is Cc1cc(Cl)cc2c3ccnc(C)c3n(C)c12. The summed E-state index contributed by atoms with van der Waals surface area (Å²) in [6.07, 6.45) is 1.85. The number of hydrogen-bond acceptors (Lipinski definition) is 1. The van der Waals surface area contributed by atoms with Crippen molar-refractivity contribution in [3.05, 3.63) is 40.7 Å². The first-order valence-corrected chi connectivity index (χ1v) is 5.97. The number of aromatic nitrogens is 2. The summed E-state index contributed by atoms with van der Waals surface area (Å²) < 4.78 is 2.21. The molecule has 0 bridgehead atoms. The van der Waals surface area contributed by atoms with Crippen LogP contribution in [0, 0.1) is 13.8 Å². The summed E-state index contributed by atoms with van der Waals surface area (Å²) in [6, 6.07) is 6.09. The lowest BCUT2D eigenvalue weighted by atomic mass is 10.1. The third-order valence-electron chi connectivity index (χ3n) is 3.33. The Balaban J connectivity index is 2.68. The molecule has 3 heteroatoms. The van der Waals surface area contributed by atoms with Gasteiger partial charge in [-0.2, -0.15) is 0 Å². The molecule has 0 saturated heterocycles. The van der Waals surface area contributed by atoms with Gasteiger partial charge in [0.05, 0.1) is 16.7 Å². The van der Waals surface area contributed by atoms with E-state index < -0.39 is 0 Å². The maximum atomic E-state index is 6.15. The van der Waals surface area contributed by atoms with Gasteiger partial charge in [0.2, 0.25) is 0 Å². The number of aryl methyl sites for hydroxylation is 3. The minimum Gasteiger partial charge on any atom is -0.342 e. The van der Waals surface area contributed by atoms with Crippen molar-refractivity contribution in [2.45, 2.75) is 13.8 Å². The summed E-state index contributed by atoms with van der Waals surface area (Å²) in [7, 11) is 2.08. The van der Waals surface area contributed by atoms with Crippen LogP contribution in [0.1, 0.15) is 11.3 Å². The molecular formula is C14H13ClN2. The van der Waals surface area contributed by atoms with E-state index in [1.165, 1.54) is 27.4 Å². The molecule has 0 saturated carbocycles. The highest BCUT2D eigenvalue weighted by Gasteiger charge is 2.12. The first kappa shape index (κ1) is 10.6. The largest absolute Gasteiger partial charge is 0.342 e. The van der Waals surface area contributed by atoms with Crippen LogP contribution in [-0.2, 0) is 7.05 Å². The van der Waals surface area contributed by atoms with Crippen molar-refractivity contribution in [2.75, 3.05) is 0 Å². The van der Waals surface area contributed by atoms with E-state index >= 15 is 0 Å². The lowest BCUT2D eigenvalue weighted by Crippen LogP contribution is -1.92. The molecule has 3 rings (SSSR count). The van der Waals surface area contributed by atoms with Gasteiger partial charge in [0, 0.05) is 29.0 Å². The molecule has 17 heavy (non-hydrogen) atoms. The molecule has 2 aromatic heterocycles. The molecule has 0 atom stereocenters. The van der Waals surface area contributed by atoms with Crippen LogP contribution < -0.4 is 0 Å². The van der Waals surface area contributed by atoms with Crippen LogP contribution in [0.3, 0.4) is 0 Å². The molecular weight excluding hydrogens is 232 g/mol. The third kappa shape index (κ3) is 1.37. The predicted molar refractivity (Wildman–Crippen MR) is 72.7 cm³/mol. The van der Waals surface area contributed by atoms with Crippen molar-refractivity contribution in [1.29, 1.82) is 0 Å². The fourth-order valence-corrected chi connectivity index (χ4v) is 2.97. The van der Waals surface area contributed by atoms with Crippen molar-refractivity contribution >= 4 is 33.4 Å². The van der Waals surface area contributed by atoms with Crippen LogP contribution in [0.25, 0.3) is 21.8 Å². The monoisotopic (exact) mass is 244 g/mol. The number of nitrogens with zero attached hydrogens (tertiary/aromatic N) is 2. The zero-order valence-corrected chi connectivity index (χ0v) is 10.8. The van der Waals surface area contributed by atoms with Crippen molar-refractivity contribution < 1.29 is 0 Å². The molecule has 0 aliphatic carbocycles. The number of benzene rings is 1. The maximum Gasteiger partial charge on any atom is 0.0705 e. The number of halogens is 1. The molecule has 0 spiro atoms. The van der Waals surface area contributed by atoms with Crippen molar-refractivity contribution in [3.63, 3.8) is 0 Å². The van der Waals surface area contributed by atoms with Gasteiger partial charge in [0.25, 0.3) is 0 Å². The molecule has 0 fully saturated rings. The summed E-state index contributed by atoms with van der Waals surface area (Å²) in [6.45, 7) is 4.13. The fraction of sp³-hybridized carbons (Fsp3) is 0.214. The molecule has 0 unspecified atom stereocenters. The predicted octanol–water partition coefficient (Wildman–Crippen LogP) is 4.00. The van der Waals surface area contributed by atoms with Gasteiger partial charge >= 0.3 is 0 Å². The number of pyridine rings is 1. The van der Waals surface area contributed by atoms with Gasteiger partial charge < -0.3 is 4.57 Å². The lowest BCUT2D eigenvalue weighted by molar-refractivity contribution is 0.992. The molecule has 0 N–H and O–H groups in total. The van der Waals surface area contributed by atoms with Gasteiger partial charge in [-0.25, -0.2) is 0 Å². The highest BCUT2D eigenvalue weighted by atomic mass is 35.5. The molecule has 0 aliphatic rings.